The normalized spacial score (nSPS) is 10.8. The maximum atomic E-state index is 12.4. The Labute approximate surface area is 130 Å². The van der Waals surface area contributed by atoms with E-state index < -0.39 is 0 Å². The van der Waals surface area contributed by atoms with Crippen LogP contribution in [0.25, 0.3) is 11.0 Å². The standard InChI is InChI=1S/C17H13BrO3/c1-20-15-7-6-13(18)8-12(15)9-14(19)17-10-11-4-2-3-5-16(11)21-17/h2-8,10H,9H2,1H3. The Bertz CT molecular complexity index is 772. The second-order valence-electron chi connectivity index (χ2n) is 4.70. The Kier molecular flexibility index (Phi) is 3.80. The number of carbonyl (C=O) groups excluding carboxylic acids is 1. The molecule has 106 valence electrons. The molecule has 0 amide bonds. The van der Waals surface area contributed by atoms with E-state index in [1.54, 1.807) is 13.2 Å². The highest BCUT2D eigenvalue weighted by Crippen LogP contribution is 2.26. The third-order valence-corrected chi connectivity index (χ3v) is 3.79. The van der Waals surface area contributed by atoms with Gasteiger partial charge in [0.25, 0.3) is 0 Å². The lowest BCUT2D eigenvalue weighted by molar-refractivity contribution is 0.0967. The Hall–Kier alpha value is -2.07. The van der Waals surface area contributed by atoms with E-state index in [0.717, 1.165) is 21.0 Å². The van der Waals surface area contributed by atoms with E-state index in [2.05, 4.69) is 15.9 Å². The number of methoxy groups -OCH3 is 1. The van der Waals surface area contributed by atoms with E-state index in [-0.39, 0.29) is 12.2 Å². The number of Topliss-reactive ketones (excluding diaryl/α,β-unsaturated/α-hetero) is 1. The number of fused-ring (bicyclic) bond motifs is 1. The molecule has 1 heterocycles. The van der Waals surface area contributed by atoms with Gasteiger partial charge in [0.05, 0.1) is 7.11 Å². The molecule has 0 saturated carbocycles. The number of halogens is 1. The SMILES string of the molecule is COc1ccc(Br)cc1CC(=O)c1cc2ccccc2o1. The summed E-state index contributed by atoms with van der Waals surface area (Å²) in [6.07, 6.45) is 0.239. The number of ether oxygens (including phenoxy) is 1. The zero-order valence-corrected chi connectivity index (χ0v) is 13.0. The summed E-state index contributed by atoms with van der Waals surface area (Å²) in [5, 5.41) is 0.932. The minimum absolute atomic E-state index is 0.0670. The zero-order valence-electron chi connectivity index (χ0n) is 11.4. The van der Waals surface area contributed by atoms with Crippen LogP contribution in [0, 0.1) is 0 Å². The molecule has 3 aromatic rings. The van der Waals surface area contributed by atoms with Crippen LogP contribution in [0.3, 0.4) is 0 Å². The van der Waals surface area contributed by atoms with Crippen molar-refractivity contribution in [3.63, 3.8) is 0 Å². The van der Waals surface area contributed by atoms with Crippen LogP contribution in [0.5, 0.6) is 5.75 Å². The Morgan fingerprint density at radius 3 is 2.76 bits per heavy atom. The van der Waals surface area contributed by atoms with Crippen molar-refractivity contribution in [2.24, 2.45) is 0 Å². The van der Waals surface area contributed by atoms with E-state index in [1.807, 2.05) is 42.5 Å². The summed E-state index contributed by atoms with van der Waals surface area (Å²) in [6.45, 7) is 0. The van der Waals surface area contributed by atoms with Crippen molar-refractivity contribution >= 4 is 32.7 Å². The smallest absolute Gasteiger partial charge is 0.202 e. The molecule has 0 atom stereocenters. The first-order valence-electron chi connectivity index (χ1n) is 6.51. The first-order valence-corrected chi connectivity index (χ1v) is 7.31. The predicted molar refractivity (Wildman–Crippen MR) is 84.9 cm³/mol. The Morgan fingerprint density at radius 2 is 2.00 bits per heavy atom. The Balaban J connectivity index is 1.91. The summed E-state index contributed by atoms with van der Waals surface area (Å²) in [4.78, 5) is 12.4. The fourth-order valence-corrected chi connectivity index (χ4v) is 2.67. The molecule has 0 aliphatic heterocycles. The second-order valence-corrected chi connectivity index (χ2v) is 5.62. The van der Waals surface area contributed by atoms with Crippen LogP contribution in [-0.2, 0) is 6.42 Å². The number of ketones is 1. The molecule has 0 aliphatic carbocycles. The minimum Gasteiger partial charge on any atom is -0.496 e. The van der Waals surface area contributed by atoms with Gasteiger partial charge in [0.15, 0.2) is 5.76 Å². The summed E-state index contributed by atoms with van der Waals surface area (Å²) >= 11 is 3.41. The number of hydrogen-bond acceptors (Lipinski definition) is 3. The van der Waals surface area contributed by atoms with Crippen LogP contribution in [0.2, 0.25) is 0 Å². The fraction of sp³-hybridized carbons (Fsp3) is 0.118. The molecule has 0 radical (unpaired) electrons. The molecular formula is C17H13BrO3. The number of furan rings is 1. The highest BCUT2D eigenvalue weighted by atomic mass is 79.9. The van der Waals surface area contributed by atoms with Crippen LogP contribution in [0.1, 0.15) is 16.1 Å². The molecule has 0 bridgehead atoms. The van der Waals surface area contributed by atoms with Crippen LogP contribution in [0.4, 0.5) is 0 Å². The molecular weight excluding hydrogens is 332 g/mol. The summed E-state index contributed by atoms with van der Waals surface area (Å²) < 4.78 is 11.8. The van der Waals surface area contributed by atoms with Crippen LogP contribution < -0.4 is 4.74 Å². The van der Waals surface area contributed by atoms with Gasteiger partial charge < -0.3 is 9.15 Å². The lowest BCUT2D eigenvalue weighted by Gasteiger charge is -2.07. The number of rotatable bonds is 4. The minimum atomic E-state index is -0.0670. The van der Waals surface area contributed by atoms with E-state index >= 15 is 0 Å². The van der Waals surface area contributed by atoms with Crippen molar-refractivity contribution in [1.82, 2.24) is 0 Å². The molecule has 0 N–H and O–H groups in total. The van der Waals surface area contributed by atoms with E-state index in [0.29, 0.717) is 11.5 Å². The van der Waals surface area contributed by atoms with Gasteiger partial charge in [-0.3, -0.25) is 4.79 Å². The molecule has 1 aromatic heterocycles. The molecule has 0 saturated heterocycles. The molecule has 0 spiro atoms. The van der Waals surface area contributed by atoms with Crippen molar-refractivity contribution in [3.05, 3.63) is 64.3 Å². The molecule has 2 aromatic carbocycles. The van der Waals surface area contributed by atoms with Crippen LogP contribution in [0.15, 0.2) is 57.4 Å². The summed E-state index contributed by atoms with van der Waals surface area (Å²) in [6, 6.07) is 15.0. The molecule has 3 rings (SSSR count). The highest BCUT2D eigenvalue weighted by molar-refractivity contribution is 9.10. The zero-order chi connectivity index (χ0) is 14.8. The topological polar surface area (TPSA) is 39.4 Å². The summed E-state index contributed by atoms with van der Waals surface area (Å²) in [5.74, 6) is 1.00. The molecule has 21 heavy (non-hydrogen) atoms. The largest absolute Gasteiger partial charge is 0.496 e. The quantitative estimate of drug-likeness (QED) is 0.647. The third-order valence-electron chi connectivity index (χ3n) is 3.29. The molecule has 0 aliphatic rings. The molecule has 4 heteroatoms. The molecule has 0 unspecified atom stereocenters. The van der Waals surface area contributed by atoms with Gasteiger partial charge in [-0.15, -0.1) is 0 Å². The van der Waals surface area contributed by atoms with Gasteiger partial charge in [0.2, 0.25) is 5.78 Å². The van der Waals surface area contributed by atoms with Gasteiger partial charge >= 0.3 is 0 Å². The first-order chi connectivity index (χ1) is 10.2. The van der Waals surface area contributed by atoms with Crippen molar-refractivity contribution in [2.75, 3.05) is 7.11 Å². The van der Waals surface area contributed by atoms with E-state index in [1.165, 1.54) is 0 Å². The van der Waals surface area contributed by atoms with Crippen molar-refractivity contribution < 1.29 is 13.9 Å². The van der Waals surface area contributed by atoms with Gasteiger partial charge in [-0.1, -0.05) is 34.1 Å². The van der Waals surface area contributed by atoms with Gasteiger partial charge in [-0.05, 0) is 30.3 Å². The average molecular weight is 345 g/mol. The van der Waals surface area contributed by atoms with Crippen LogP contribution >= 0.6 is 15.9 Å². The van der Waals surface area contributed by atoms with Gasteiger partial charge in [0.1, 0.15) is 11.3 Å². The first kappa shape index (κ1) is 13.9. The summed E-state index contributed by atoms with van der Waals surface area (Å²) in [5.41, 5.74) is 1.55. The maximum Gasteiger partial charge on any atom is 0.202 e. The van der Waals surface area contributed by atoms with Crippen molar-refractivity contribution in [3.8, 4) is 5.75 Å². The molecule has 3 nitrogen and oxygen atoms in total. The summed E-state index contributed by atoms with van der Waals surface area (Å²) in [7, 11) is 1.60. The second kappa shape index (κ2) is 5.74. The average Bonchev–Trinajstić information content (AvgIpc) is 2.91. The van der Waals surface area contributed by atoms with Crippen molar-refractivity contribution in [1.29, 1.82) is 0 Å². The van der Waals surface area contributed by atoms with E-state index in [4.69, 9.17) is 9.15 Å². The third kappa shape index (κ3) is 2.85. The Morgan fingerprint density at radius 1 is 1.19 bits per heavy atom. The van der Waals surface area contributed by atoms with Crippen LogP contribution in [-0.4, -0.2) is 12.9 Å². The van der Waals surface area contributed by atoms with Gasteiger partial charge in [0, 0.05) is 21.8 Å². The fourth-order valence-electron chi connectivity index (χ4n) is 2.26. The monoisotopic (exact) mass is 344 g/mol. The van der Waals surface area contributed by atoms with Gasteiger partial charge in [-0.2, -0.15) is 0 Å². The number of hydrogen-bond donors (Lipinski definition) is 0. The lowest BCUT2D eigenvalue weighted by atomic mass is 10.1. The number of carbonyl (C=O) groups is 1. The predicted octanol–water partition coefficient (Wildman–Crippen LogP) is 4.63. The molecule has 0 fully saturated rings. The number of para-hydroxylation sites is 1. The lowest BCUT2D eigenvalue weighted by Crippen LogP contribution is -2.03. The van der Waals surface area contributed by atoms with Crippen molar-refractivity contribution in [2.45, 2.75) is 6.42 Å². The maximum absolute atomic E-state index is 12.4. The highest BCUT2D eigenvalue weighted by Gasteiger charge is 2.15. The van der Waals surface area contributed by atoms with E-state index in [9.17, 15) is 4.79 Å². The van der Waals surface area contributed by atoms with Gasteiger partial charge in [-0.25, -0.2) is 0 Å². The number of benzene rings is 2.